The number of hydrogen-bond acceptors (Lipinski definition) is 6. The molecule has 270 valence electrons. The molecule has 0 radical (unpaired) electrons. The van der Waals surface area contributed by atoms with E-state index in [1.54, 1.807) is 54.7 Å². The standard InChI is InChI=1S/C39H31F4N5O5/c40-26-15-24(16-27(41)19-26)38(51)47-13-1-3-32(47)35(49)45-30-9-5-22(6-10-30)34-21-44-37(53-34)23-7-11-31(12-8-23)46-36(50)33-4-2-14-48(33)39(52)25-17-28(42)20-29(43)18-25/h5-12,15-21,32-33H,1-4,13-14H2,(H,45,49)(H,46,50)/t32-,33-/m0/s1. The summed E-state index contributed by atoms with van der Waals surface area (Å²) in [6.07, 6.45) is 3.49. The zero-order valence-corrected chi connectivity index (χ0v) is 28.0. The van der Waals surface area contributed by atoms with Crippen LogP contribution in [0, 0.1) is 23.3 Å². The molecule has 2 N–H and O–H groups in total. The van der Waals surface area contributed by atoms with Gasteiger partial charge in [-0.25, -0.2) is 22.5 Å². The molecule has 7 rings (SSSR count). The number of nitrogens with zero attached hydrogens (tertiary/aromatic N) is 3. The van der Waals surface area contributed by atoms with Crippen LogP contribution in [0.2, 0.25) is 0 Å². The van der Waals surface area contributed by atoms with E-state index in [0.29, 0.717) is 72.0 Å². The summed E-state index contributed by atoms with van der Waals surface area (Å²) in [6, 6.07) is 17.1. The largest absolute Gasteiger partial charge is 0.436 e. The Morgan fingerprint density at radius 1 is 0.604 bits per heavy atom. The second-order valence-corrected chi connectivity index (χ2v) is 12.8. The normalized spacial score (nSPS) is 16.8. The van der Waals surface area contributed by atoms with Crippen LogP contribution in [0.3, 0.4) is 0 Å². The van der Waals surface area contributed by atoms with Crippen LogP contribution in [-0.2, 0) is 9.59 Å². The fourth-order valence-electron chi connectivity index (χ4n) is 6.66. The van der Waals surface area contributed by atoms with Crippen molar-refractivity contribution in [1.82, 2.24) is 14.8 Å². The van der Waals surface area contributed by atoms with Crippen LogP contribution in [0.25, 0.3) is 22.8 Å². The van der Waals surface area contributed by atoms with E-state index in [1.807, 2.05) is 0 Å². The Balaban J connectivity index is 0.953. The number of carbonyl (C=O) groups is 4. The summed E-state index contributed by atoms with van der Waals surface area (Å²) in [5.74, 6) is -4.82. The van der Waals surface area contributed by atoms with Gasteiger partial charge in [-0.1, -0.05) is 0 Å². The van der Waals surface area contributed by atoms with Gasteiger partial charge in [0.2, 0.25) is 17.7 Å². The number of carbonyl (C=O) groups excluding carboxylic acids is 4. The number of aromatic nitrogens is 1. The molecule has 53 heavy (non-hydrogen) atoms. The summed E-state index contributed by atoms with van der Waals surface area (Å²) in [4.78, 5) is 59.2. The van der Waals surface area contributed by atoms with E-state index in [1.165, 1.54) is 9.80 Å². The molecule has 2 aliphatic heterocycles. The van der Waals surface area contributed by atoms with Crippen molar-refractivity contribution < 1.29 is 41.2 Å². The molecular weight excluding hydrogens is 694 g/mol. The van der Waals surface area contributed by atoms with Gasteiger partial charge in [0.1, 0.15) is 35.4 Å². The molecule has 0 saturated carbocycles. The Morgan fingerprint density at radius 2 is 1.02 bits per heavy atom. The maximum Gasteiger partial charge on any atom is 0.254 e. The summed E-state index contributed by atoms with van der Waals surface area (Å²) in [5.41, 5.74) is 1.91. The first-order valence-corrected chi connectivity index (χ1v) is 16.8. The Kier molecular flexibility index (Phi) is 9.76. The molecule has 4 amide bonds. The first-order chi connectivity index (χ1) is 25.5. The maximum absolute atomic E-state index is 13.7. The molecule has 10 nitrogen and oxygen atoms in total. The lowest BCUT2D eigenvalue weighted by atomic mass is 10.1. The van der Waals surface area contributed by atoms with Crippen LogP contribution in [-0.4, -0.2) is 63.6 Å². The predicted molar refractivity (Wildman–Crippen MR) is 185 cm³/mol. The molecule has 2 saturated heterocycles. The summed E-state index contributed by atoms with van der Waals surface area (Å²) < 4.78 is 60.8. The topological polar surface area (TPSA) is 125 Å². The third-order valence-electron chi connectivity index (χ3n) is 9.19. The SMILES string of the molecule is O=C(Nc1ccc(-c2cnc(-c3ccc(NC(=O)[C@@H]4CCCN4C(=O)c4cc(F)cc(F)c4)cc3)o2)cc1)[C@@H]1CCCN1C(=O)c1cc(F)cc(F)c1. The first-order valence-electron chi connectivity index (χ1n) is 16.8. The Hall–Kier alpha value is -6.31. The predicted octanol–water partition coefficient (Wildman–Crippen LogP) is 7.05. The Morgan fingerprint density at radius 3 is 1.45 bits per heavy atom. The summed E-state index contributed by atoms with van der Waals surface area (Å²) in [6.45, 7) is 0.562. The number of halogens is 4. The lowest BCUT2D eigenvalue weighted by Crippen LogP contribution is -2.43. The molecule has 0 unspecified atom stereocenters. The molecule has 1 aromatic heterocycles. The van der Waals surface area contributed by atoms with Gasteiger partial charge >= 0.3 is 0 Å². The van der Waals surface area contributed by atoms with Crippen molar-refractivity contribution in [1.29, 1.82) is 0 Å². The van der Waals surface area contributed by atoms with Gasteiger partial charge in [-0.15, -0.1) is 0 Å². The number of oxazole rings is 1. The number of benzene rings is 4. The van der Waals surface area contributed by atoms with Gasteiger partial charge in [-0.2, -0.15) is 0 Å². The molecule has 14 heteroatoms. The molecule has 2 atom stereocenters. The first kappa shape index (κ1) is 35.1. The van der Waals surface area contributed by atoms with E-state index < -0.39 is 59.0 Å². The van der Waals surface area contributed by atoms with Crippen LogP contribution >= 0.6 is 0 Å². The summed E-state index contributed by atoms with van der Waals surface area (Å²) in [7, 11) is 0. The fraction of sp³-hybridized carbons (Fsp3) is 0.205. The van der Waals surface area contributed by atoms with Crippen LogP contribution in [0.1, 0.15) is 46.4 Å². The van der Waals surface area contributed by atoms with Crippen molar-refractivity contribution >= 4 is 35.0 Å². The number of nitrogens with one attached hydrogen (secondary N) is 2. The van der Waals surface area contributed by atoms with Gasteiger partial charge in [-0.3, -0.25) is 19.2 Å². The van der Waals surface area contributed by atoms with Crippen LogP contribution < -0.4 is 10.6 Å². The highest BCUT2D eigenvalue weighted by atomic mass is 19.1. The van der Waals surface area contributed by atoms with E-state index in [0.717, 1.165) is 24.3 Å². The minimum atomic E-state index is -0.875. The number of hydrogen-bond donors (Lipinski definition) is 2. The minimum Gasteiger partial charge on any atom is -0.436 e. The monoisotopic (exact) mass is 725 g/mol. The van der Waals surface area contributed by atoms with Crippen molar-refractivity contribution in [2.24, 2.45) is 0 Å². The van der Waals surface area contributed by atoms with Gasteiger partial charge < -0.3 is 24.9 Å². The second kappa shape index (κ2) is 14.7. The van der Waals surface area contributed by atoms with Crippen molar-refractivity contribution in [3.8, 4) is 22.8 Å². The molecular formula is C39H31F4N5O5. The second-order valence-electron chi connectivity index (χ2n) is 12.8. The van der Waals surface area contributed by atoms with Gasteiger partial charge in [0, 0.05) is 58.9 Å². The molecule has 4 aromatic carbocycles. The Labute approximate surface area is 300 Å². The highest BCUT2D eigenvalue weighted by Crippen LogP contribution is 2.29. The quantitative estimate of drug-likeness (QED) is 0.165. The number of anilines is 2. The molecule has 0 spiro atoms. The third kappa shape index (κ3) is 7.66. The van der Waals surface area contributed by atoms with E-state index in [2.05, 4.69) is 15.6 Å². The van der Waals surface area contributed by atoms with E-state index in [9.17, 15) is 36.7 Å². The van der Waals surface area contributed by atoms with Gasteiger partial charge in [0.15, 0.2) is 5.76 Å². The lowest BCUT2D eigenvalue weighted by molar-refractivity contribution is -0.120. The molecule has 3 heterocycles. The van der Waals surface area contributed by atoms with Crippen molar-refractivity contribution in [2.45, 2.75) is 37.8 Å². The van der Waals surface area contributed by atoms with Gasteiger partial charge in [0.25, 0.3) is 11.8 Å². The average molecular weight is 726 g/mol. The lowest BCUT2D eigenvalue weighted by Gasteiger charge is -2.24. The third-order valence-corrected chi connectivity index (χ3v) is 9.19. The van der Waals surface area contributed by atoms with Gasteiger partial charge in [0.05, 0.1) is 6.20 Å². The van der Waals surface area contributed by atoms with Crippen molar-refractivity contribution in [3.05, 3.63) is 126 Å². The summed E-state index contributed by atoms with van der Waals surface area (Å²) >= 11 is 0. The van der Waals surface area contributed by atoms with E-state index >= 15 is 0 Å². The zero-order chi connectivity index (χ0) is 37.2. The van der Waals surface area contributed by atoms with E-state index in [4.69, 9.17) is 4.42 Å². The molecule has 5 aromatic rings. The molecule has 2 aliphatic rings. The number of likely N-dealkylation sites (tertiary alicyclic amines) is 2. The van der Waals surface area contributed by atoms with Crippen molar-refractivity contribution in [2.75, 3.05) is 23.7 Å². The molecule has 2 fully saturated rings. The molecule has 0 aliphatic carbocycles. The highest BCUT2D eigenvalue weighted by Gasteiger charge is 2.36. The number of rotatable bonds is 8. The van der Waals surface area contributed by atoms with Crippen LogP contribution in [0.4, 0.5) is 28.9 Å². The molecule has 0 bridgehead atoms. The minimum absolute atomic E-state index is 0.161. The van der Waals surface area contributed by atoms with E-state index in [-0.39, 0.29) is 24.2 Å². The summed E-state index contributed by atoms with van der Waals surface area (Å²) in [5, 5.41) is 5.60. The van der Waals surface area contributed by atoms with Crippen molar-refractivity contribution in [3.63, 3.8) is 0 Å². The average Bonchev–Trinajstić information content (AvgIpc) is 3.93. The Bertz CT molecular complexity index is 2010. The maximum atomic E-state index is 13.7. The number of amides is 4. The fourth-order valence-corrected chi connectivity index (χ4v) is 6.66. The highest BCUT2D eigenvalue weighted by molar-refractivity contribution is 6.02. The van der Waals surface area contributed by atoms with Gasteiger partial charge in [-0.05, 0) is 98.5 Å². The smallest absolute Gasteiger partial charge is 0.254 e. The van der Waals surface area contributed by atoms with Crippen LogP contribution in [0.5, 0.6) is 0 Å². The van der Waals surface area contributed by atoms with Crippen LogP contribution in [0.15, 0.2) is 95.5 Å². The zero-order valence-electron chi connectivity index (χ0n) is 28.0.